The number of likely N-dealkylation sites (tertiary alicyclic amines) is 1. The molecule has 1 amide bonds. The summed E-state index contributed by atoms with van der Waals surface area (Å²) in [6, 6.07) is 6.20. The van der Waals surface area contributed by atoms with Gasteiger partial charge in [0.1, 0.15) is 0 Å². The summed E-state index contributed by atoms with van der Waals surface area (Å²) in [5, 5.41) is 3.17. The Bertz CT molecular complexity index is 728. The molecular formula is C19H29N3O4S. The summed E-state index contributed by atoms with van der Waals surface area (Å²) in [4.78, 5) is 14.8. The van der Waals surface area contributed by atoms with Crippen molar-refractivity contribution in [2.75, 3.05) is 39.8 Å². The minimum Gasteiger partial charge on any atom is -0.377 e. The molecule has 2 N–H and O–H groups in total. The van der Waals surface area contributed by atoms with Gasteiger partial charge in [0.05, 0.1) is 11.0 Å². The highest BCUT2D eigenvalue weighted by Gasteiger charge is 2.25. The van der Waals surface area contributed by atoms with Crippen molar-refractivity contribution in [3.63, 3.8) is 0 Å². The zero-order valence-corrected chi connectivity index (χ0v) is 16.6. The molecule has 2 saturated heterocycles. The van der Waals surface area contributed by atoms with E-state index in [1.165, 1.54) is 12.1 Å². The average Bonchev–Trinajstić information content (AvgIpc) is 3.20. The number of rotatable bonds is 7. The second-order valence-corrected chi connectivity index (χ2v) is 9.10. The molecule has 0 aliphatic carbocycles. The average molecular weight is 396 g/mol. The molecule has 1 aromatic carbocycles. The SMILES string of the molecule is CNCC1CCCN(C(=O)c2ccc(S(=O)(=O)NCC3CCCO3)cc2)C1. The van der Waals surface area contributed by atoms with Gasteiger partial charge in [0, 0.05) is 31.8 Å². The maximum Gasteiger partial charge on any atom is 0.253 e. The van der Waals surface area contributed by atoms with Crippen LogP contribution in [0.3, 0.4) is 0 Å². The van der Waals surface area contributed by atoms with Gasteiger partial charge in [-0.2, -0.15) is 0 Å². The maximum absolute atomic E-state index is 12.7. The number of nitrogens with one attached hydrogen (secondary N) is 2. The van der Waals surface area contributed by atoms with Gasteiger partial charge in [0.2, 0.25) is 10.0 Å². The Hall–Kier alpha value is -1.48. The van der Waals surface area contributed by atoms with Crippen LogP contribution in [0.5, 0.6) is 0 Å². The number of nitrogens with zero attached hydrogens (tertiary/aromatic N) is 1. The van der Waals surface area contributed by atoms with Gasteiger partial charge < -0.3 is 15.0 Å². The van der Waals surface area contributed by atoms with Gasteiger partial charge >= 0.3 is 0 Å². The quantitative estimate of drug-likeness (QED) is 0.725. The molecule has 7 nitrogen and oxygen atoms in total. The van der Waals surface area contributed by atoms with E-state index in [4.69, 9.17) is 4.74 Å². The van der Waals surface area contributed by atoms with Gasteiger partial charge in [0.15, 0.2) is 0 Å². The van der Waals surface area contributed by atoms with Crippen molar-refractivity contribution in [3.05, 3.63) is 29.8 Å². The van der Waals surface area contributed by atoms with E-state index in [1.54, 1.807) is 12.1 Å². The van der Waals surface area contributed by atoms with E-state index in [0.717, 1.165) is 45.3 Å². The standard InChI is InChI=1S/C19H29N3O4S/c1-20-12-15-4-2-10-22(14-15)19(23)16-6-8-18(9-7-16)27(24,25)21-13-17-5-3-11-26-17/h6-9,15,17,20-21H,2-5,10-14H2,1H3. The zero-order chi connectivity index (χ0) is 19.3. The lowest BCUT2D eigenvalue weighted by atomic mass is 9.97. The van der Waals surface area contributed by atoms with Crippen LogP contribution in [0, 0.1) is 5.92 Å². The molecule has 2 atom stereocenters. The molecule has 2 heterocycles. The Balaban J connectivity index is 1.61. The number of hydrogen-bond acceptors (Lipinski definition) is 5. The normalized spacial score (nSPS) is 23.5. The van der Waals surface area contributed by atoms with Crippen LogP contribution in [0.15, 0.2) is 29.2 Å². The summed E-state index contributed by atoms with van der Waals surface area (Å²) < 4.78 is 32.9. The largest absolute Gasteiger partial charge is 0.377 e. The summed E-state index contributed by atoms with van der Waals surface area (Å²) in [6.45, 7) is 3.36. The van der Waals surface area contributed by atoms with Crippen LogP contribution >= 0.6 is 0 Å². The number of amides is 1. The van der Waals surface area contributed by atoms with Crippen LogP contribution in [0.25, 0.3) is 0 Å². The highest BCUT2D eigenvalue weighted by Crippen LogP contribution is 2.19. The number of carbonyl (C=O) groups is 1. The molecule has 2 unspecified atom stereocenters. The lowest BCUT2D eigenvalue weighted by Crippen LogP contribution is -2.42. The van der Waals surface area contributed by atoms with Crippen molar-refractivity contribution in [1.29, 1.82) is 0 Å². The summed E-state index contributed by atoms with van der Waals surface area (Å²) >= 11 is 0. The van der Waals surface area contributed by atoms with Gasteiger partial charge in [-0.25, -0.2) is 13.1 Å². The summed E-state index contributed by atoms with van der Waals surface area (Å²) in [5.74, 6) is 0.432. The monoisotopic (exact) mass is 395 g/mol. The molecule has 0 spiro atoms. The van der Waals surface area contributed by atoms with Crippen molar-refractivity contribution in [2.24, 2.45) is 5.92 Å². The van der Waals surface area contributed by atoms with Crippen LogP contribution in [0.1, 0.15) is 36.0 Å². The molecule has 150 valence electrons. The summed E-state index contributed by atoms with van der Waals surface area (Å²) in [6.07, 6.45) is 3.91. The fraction of sp³-hybridized carbons (Fsp3) is 0.632. The number of piperidine rings is 1. The number of benzene rings is 1. The molecule has 2 fully saturated rings. The van der Waals surface area contributed by atoms with E-state index in [2.05, 4.69) is 10.0 Å². The topological polar surface area (TPSA) is 87.7 Å². The van der Waals surface area contributed by atoms with Crippen LogP contribution in [0.2, 0.25) is 0 Å². The first-order valence-electron chi connectivity index (χ1n) is 9.65. The third kappa shape index (κ3) is 5.28. The minimum atomic E-state index is -3.59. The van der Waals surface area contributed by atoms with E-state index in [1.807, 2.05) is 11.9 Å². The van der Waals surface area contributed by atoms with Gasteiger partial charge in [-0.05, 0) is 69.5 Å². The first-order chi connectivity index (χ1) is 13.0. The molecule has 3 rings (SSSR count). The molecule has 0 radical (unpaired) electrons. The predicted octanol–water partition coefficient (Wildman–Crippen LogP) is 1.22. The number of sulfonamides is 1. The van der Waals surface area contributed by atoms with Crippen LogP contribution in [-0.4, -0.2) is 65.2 Å². The van der Waals surface area contributed by atoms with Crippen molar-refractivity contribution >= 4 is 15.9 Å². The van der Waals surface area contributed by atoms with E-state index >= 15 is 0 Å². The lowest BCUT2D eigenvalue weighted by molar-refractivity contribution is 0.0674. The summed E-state index contributed by atoms with van der Waals surface area (Å²) in [5.41, 5.74) is 0.526. The van der Waals surface area contributed by atoms with Crippen molar-refractivity contribution < 1.29 is 17.9 Å². The maximum atomic E-state index is 12.7. The Morgan fingerprint density at radius 3 is 2.63 bits per heavy atom. The Labute approximate surface area is 161 Å². The van der Waals surface area contributed by atoms with Crippen molar-refractivity contribution in [1.82, 2.24) is 14.9 Å². The third-order valence-electron chi connectivity index (χ3n) is 5.24. The Morgan fingerprint density at radius 2 is 1.96 bits per heavy atom. The fourth-order valence-corrected chi connectivity index (χ4v) is 4.82. The van der Waals surface area contributed by atoms with E-state index in [9.17, 15) is 13.2 Å². The first-order valence-corrected chi connectivity index (χ1v) is 11.1. The molecule has 27 heavy (non-hydrogen) atoms. The first kappa shape index (κ1) is 20.3. The zero-order valence-electron chi connectivity index (χ0n) is 15.8. The lowest BCUT2D eigenvalue weighted by Gasteiger charge is -2.32. The highest BCUT2D eigenvalue weighted by molar-refractivity contribution is 7.89. The Kier molecular flexibility index (Phi) is 6.86. The molecule has 0 aromatic heterocycles. The second-order valence-electron chi connectivity index (χ2n) is 7.33. The van der Waals surface area contributed by atoms with E-state index in [0.29, 0.717) is 18.1 Å². The molecule has 2 aliphatic heterocycles. The molecule has 2 aliphatic rings. The summed E-state index contributed by atoms with van der Waals surface area (Å²) in [7, 11) is -1.67. The molecule has 0 bridgehead atoms. The van der Waals surface area contributed by atoms with Gasteiger partial charge in [0.25, 0.3) is 5.91 Å². The van der Waals surface area contributed by atoms with Crippen LogP contribution < -0.4 is 10.0 Å². The number of ether oxygens (including phenoxy) is 1. The number of carbonyl (C=O) groups excluding carboxylic acids is 1. The van der Waals surface area contributed by atoms with E-state index < -0.39 is 10.0 Å². The Morgan fingerprint density at radius 1 is 1.19 bits per heavy atom. The minimum absolute atomic E-state index is 0.0351. The third-order valence-corrected chi connectivity index (χ3v) is 6.68. The van der Waals surface area contributed by atoms with Gasteiger partial charge in [-0.15, -0.1) is 0 Å². The molecule has 8 heteroatoms. The van der Waals surface area contributed by atoms with Gasteiger partial charge in [-0.3, -0.25) is 4.79 Å². The number of hydrogen-bond donors (Lipinski definition) is 2. The fourth-order valence-electron chi connectivity index (χ4n) is 3.76. The second kappa shape index (κ2) is 9.14. The predicted molar refractivity (Wildman–Crippen MR) is 103 cm³/mol. The van der Waals surface area contributed by atoms with Crippen LogP contribution in [0.4, 0.5) is 0 Å². The van der Waals surface area contributed by atoms with Crippen molar-refractivity contribution in [2.45, 2.75) is 36.7 Å². The molecular weight excluding hydrogens is 366 g/mol. The molecule has 1 aromatic rings. The highest BCUT2D eigenvalue weighted by atomic mass is 32.2. The van der Waals surface area contributed by atoms with Crippen molar-refractivity contribution in [3.8, 4) is 0 Å². The van der Waals surface area contributed by atoms with Gasteiger partial charge in [-0.1, -0.05) is 0 Å². The smallest absolute Gasteiger partial charge is 0.253 e. The molecule has 0 saturated carbocycles. The van der Waals surface area contributed by atoms with E-state index in [-0.39, 0.29) is 23.5 Å². The van der Waals surface area contributed by atoms with Crippen LogP contribution in [-0.2, 0) is 14.8 Å².